The maximum Gasteiger partial charge on any atom is 0.416 e. The van der Waals surface area contributed by atoms with Gasteiger partial charge in [-0.15, -0.1) is 0 Å². The Balaban J connectivity index is 1.88. The maximum absolute atomic E-state index is 13.2. The number of rotatable bonds is 7. The first-order valence-electron chi connectivity index (χ1n) is 9.55. The predicted octanol–water partition coefficient (Wildman–Crippen LogP) is 6.93. The lowest BCUT2D eigenvalue weighted by molar-refractivity contribution is -0.137. The number of carbonyl (C=O) groups excluding carboxylic acids is 1. The van der Waals surface area contributed by atoms with Crippen LogP contribution in [0.15, 0.2) is 71.2 Å². The summed E-state index contributed by atoms with van der Waals surface area (Å²) in [6.07, 6.45) is -1.93. The lowest BCUT2D eigenvalue weighted by atomic mass is 10.1. The molecule has 0 saturated carbocycles. The summed E-state index contributed by atoms with van der Waals surface area (Å²) in [5, 5.41) is 2.46. The molecule has 0 spiro atoms. The monoisotopic (exact) mass is 521 g/mol. The molecular formula is C24H19BrF3NO4. The van der Waals surface area contributed by atoms with Gasteiger partial charge in [0.05, 0.1) is 25.5 Å². The van der Waals surface area contributed by atoms with Gasteiger partial charge in [-0.1, -0.05) is 15.9 Å². The van der Waals surface area contributed by atoms with E-state index in [2.05, 4.69) is 21.2 Å². The van der Waals surface area contributed by atoms with E-state index in [0.717, 1.165) is 22.7 Å². The zero-order valence-electron chi connectivity index (χ0n) is 17.6. The average molecular weight is 522 g/mol. The second kappa shape index (κ2) is 10.4. The van der Waals surface area contributed by atoms with Crippen molar-refractivity contribution in [1.29, 1.82) is 0 Å². The van der Waals surface area contributed by atoms with E-state index >= 15 is 0 Å². The van der Waals surface area contributed by atoms with Crippen molar-refractivity contribution in [2.45, 2.75) is 6.18 Å². The summed E-state index contributed by atoms with van der Waals surface area (Å²) in [6.45, 7) is 0. The molecule has 0 aliphatic heterocycles. The predicted molar refractivity (Wildman–Crippen MR) is 123 cm³/mol. The Kier molecular flexibility index (Phi) is 7.65. The Labute approximate surface area is 196 Å². The Morgan fingerprint density at radius 2 is 1.58 bits per heavy atom. The van der Waals surface area contributed by atoms with Gasteiger partial charge >= 0.3 is 6.18 Å². The number of hydrogen-bond acceptors (Lipinski definition) is 4. The van der Waals surface area contributed by atoms with Crippen molar-refractivity contribution in [3.63, 3.8) is 0 Å². The number of amides is 1. The third-order valence-corrected chi connectivity index (χ3v) is 4.99. The van der Waals surface area contributed by atoms with Crippen molar-refractivity contribution < 1.29 is 32.2 Å². The van der Waals surface area contributed by atoms with Gasteiger partial charge in [0, 0.05) is 16.1 Å². The molecular weight excluding hydrogens is 503 g/mol. The molecule has 0 atom stereocenters. The average Bonchev–Trinajstić information content (AvgIpc) is 2.79. The number of methoxy groups -OCH3 is 2. The third kappa shape index (κ3) is 6.52. The van der Waals surface area contributed by atoms with E-state index in [4.69, 9.17) is 14.2 Å². The van der Waals surface area contributed by atoms with Crippen molar-refractivity contribution in [3.05, 3.63) is 82.3 Å². The van der Waals surface area contributed by atoms with E-state index in [-0.39, 0.29) is 11.4 Å². The van der Waals surface area contributed by atoms with Crippen molar-refractivity contribution in [2.75, 3.05) is 19.5 Å². The molecule has 1 N–H and O–H groups in total. The van der Waals surface area contributed by atoms with Crippen LogP contribution in [-0.2, 0) is 11.0 Å². The molecule has 0 radical (unpaired) electrons. The highest BCUT2D eigenvalue weighted by atomic mass is 79.9. The molecule has 3 aromatic carbocycles. The Bertz CT molecular complexity index is 1160. The minimum absolute atomic E-state index is 0.0611. The van der Waals surface area contributed by atoms with Crippen LogP contribution in [0.4, 0.5) is 18.9 Å². The summed E-state index contributed by atoms with van der Waals surface area (Å²) in [7, 11) is 2.98. The highest BCUT2D eigenvalue weighted by Gasteiger charge is 2.31. The van der Waals surface area contributed by atoms with Crippen molar-refractivity contribution >= 4 is 33.6 Å². The van der Waals surface area contributed by atoms with Gasteiger partial charge in [-0.05, 0) is 66.7 Å². The SMILES string of the molecule is COc1ccc(OC)c(/C=C/C(=O)Nc2cc(C(F)(F)F)ccc2Oc2ccc(Br)cc2)c1. The van der Waals surface area contributed by atoms with E-state index in [1.54, 1.807) is 42.5 Å². The van der Waals surface area contributed by atoms with E-state index in [1.807, 2.05) is 0 Å². The van der Waals surface area contributed by atoms with E-state index < -0.39 is 17.6 Å². The molecule has 172 valence electrons. The lowest BCUT2D eigenvalue weighted by Crippen LogP contribution is -2.11. The van der Waals surface area contributed by atoms with Crippen molar-refractivity contribution in [2.24, 2.45) is 0 Å². The molecule has 0 unspecified atom stereocenters. The van der Waals surface area contributed by atoms with Crippen LogP contribution in [0.5, 0.6) is 23.0 Å². The molecule has 0 aliphatic rings. The van der Waals surface area contributed by atoms with Crippen LogP contribution in [-0.4, -0.2) is 20.1 Å². The number of alkyl halides is 3. The Morgan fingerprint density at radius 3 is 2.21 bits per heavy atom. The van der Waals surface area contributed by atoms with E-state index in [0.29, 0.717) is 22.8 Å². The molecule has 0 aromatic heterocycles. The lowest BCUT2D eigenvalue weighted by Gasteiger charge is -2.15. The fourth-order valence-corrected chi connectivity index (χ4v) is 3.10. The second-order valence-corrected chi connectivity index (χ2v) is 7.61. The first kappa shape index (κ1) is 24.2. The minimum Gasteiger partial charge on any atom is -0.497 e. The highest BCUT2D eigenvalue weighted by molar-refractivity contribution is 9.10. The molecule has 0 fully saturated rings. The smallest absolute Gasteiger partial charge is 0.416 e. The number of carbonyl (C=O) groups is 1. The quantitative estimate of drug-likeness (QED) is 0.342. The number of benzene rings is 3. The minimum atomic E-state index is -4.58. The first-order chi connectivity index (χ1) is 15.7. The van der Waals surface area contributed by atoms with Gasteiger partial charge in [0.25, 0.3) is 0 Å². The van der Waals surface area contributed by atoms with Crippen LogP contribution in [0.2, 0.25) is 0 Å². The Hall–Kier alpha value is -3.46. The number of hydrogen-bond donors (Lipinski definition) is 1. The second-order valence-electron chi connectivity index (χ2n) is 6.70. The zero-order chi connectivity index (χ0) is 24.0. The van der Waals surface area contributed by atoms with E-state index in [1.165, 1.54) is 26.4 Å². The van der Waals surface area contributed by atoms with Gasteiger partial charge in [0.15, 0.2) is 5.75 Å². The summed E-state index contributed by atoms with van der Waals surface area (Å²) >= 11 is 3.30. The molecule has 5 nitrogen and oxygen atoms in total. The van der Waals surface area contributed by atoms with Crippen molar-refractivity contribution in [3.8, 4) is 23.0 Å². The van der Waals surface area contributed by atoms with Crippen LogP contribution in [0.1, 0.15) is 11.1 Å². The van der Waals surface area contributed by atoms with Gasteiger partial charge < -0.3 is 19.5 Å². The van der Waals surface area contributed by atoms with Crippen LogP contribution >= 0.6 is 15.9 Å². The van der Waals surface area contributed by atoms with Gasteiger partial charge in [-0.3, -0.25) is 4.79 Å². The molecule has 3 rings (SSSR count). The van der Waals surface area contributed by atoms with Crippen LogP contribution in [0.25, 0.3) is 6.08 Å². The molecule has 3 aromatic rings. The molecule has 0 saturated heterocycles. The Morgan fingerprint density at radius 1 is 0.909 bits per heavy atom. The number of anilines is 1. The molecule has 0 heterocycles. The maximum atomic E-state index is 13.2. The fraction of sp³-hybridized carbons (Fsp3) is 0.125. The number of halogens is 4. The van der Waals surface area contributed by atoms with Crippen molar-refractivity contribution in [1.82, 2.24) is 0 Å². The van der Waals surface area contributed by atoms with Gasteiger partial charge in [-0.2, -0.15) is 13.2 Å². The fourth-order valence-electron chi connectivity index (χ4n) is 2.83. The first-order valence-corrected chi connectivity index (χ1v) is 10.3. The normalized spacial score (nSPS) is 11.3. The number of ether oxygens (including phenoxy) is 3. The number of nitrogens with one attached hydrogen (secondary N) is 1. The zero-order valence-corrected chi connectivity index (χ0v) is 19.2. The standard InChI is InChI=1S/C24H19BrF3NO4/c1-31-19-9-11-21(32-2)15(13-19)3-12-23(30)29-20-14-16(24(26,27)28)4-10-22(20)33-18-7-5-17(25)6-8-18/h3-14H,1-2H3,(H,29,30)/b12-3+. The van der Waals surface area contributed by atoms with Crippen LogP contribution in [0.3, 0.4) is 0 Å². The topological polar surface area (TPSA) is 56.8 Å². The summed E-state index contributed by atoms with van der Waals surface area (Å²) in [5.41, 5.74) is -0.484. The van der Waals surface area contributed by atoms with Gasteiger partial charge in [0.2, 0.25) is 5.91 Å². The molecule has 33 heavy (non-hydrogen) atoms. The highest BCUT2D eigenvalue weighted by Crippen LogP contribution is 2.37. The largest absolute Gasteiger partial charge is 0.497 e. The van der Waals surface area contributed by atoms with Crippen LogP contribution < -0.4 is 19.5 Å². The molecule has 9 heteroatoms. The van der Waals surface area contributed by atoms with E-state index in [9.17, 15) is 18.0 Å². The summed E-state index contributed by atoms with van der Waals surface area (Å²) < 4.78 is 56.6. The molecule has 0 aliphatic carbocycles. The molecule has 0 bridgehead atoms. The van der Waals surface area contributed by atoms with Gasteiger partial charge in [-0.25, -0.2) is 0 Å². The molecule has 1 amide bonds. The summed E-state index contributed by atoms with van der Waals surface area (Å²) in [5.74, 6) is 0.855. The van der Waals surface area contributed by atoms with Gasteiger partial charge in [0.1, 0.15) is 17.2 Å². The van der Waals surface area contributed by atoms with Crippen LogP contribution in [0, 0.1) is 0 Å². The summed E-state index contributed by atoms with van der Waals surface area (Å²) in [6, 6.07) is 14.6. The summed E-state index contributed by atoms with van der Waals surface area (Å²) in [4.78, 5) is 12.5. The third-order valence-electron chi connectivity index (χ3n) is 4.46.